The van der Waals surface area contributed by atoms with Crippen LogP contribution in [0.4, 0.5) is 0 Å². The van der Waals surface area contributed by atoms with Crippen molar-refractivity contribution in [1.29, 1.82) is 0 Å². The molecule has 12 rings (SSSR count). The van der Waals surface area contributed by atoms with Gasteiger partial charge in [0, 0.05) is 147 Å². The van der Waals surface area contributed by atoms with E-state index < -0.39 is 0 Å². The maximum Gasteiger partial charge on any atom is 0.159 e. The number of benzene rings is 8. The van der Waals surface area contributed by atoms with Crippen LogP contribution in [0.3, 0.4) is 0 Å². The number of aryl methyl sites for hydroxylation is 8. The molecule has 620 valence electrons. The molecule has 16 heteroatoms. The first kappa shape index (κ1) is 105. The molecule has 0 atom stereocenters. The van der Waals surface area contributed by atoms with Gasteiger partial charge in [-0.2, -0.15) is 0 Å². The Morgan fingerprint density at radius 2 is 0.846 bits per heavy atom. The minimum Gasteiger partial charge on any atom is -0.512 e. The SMILES string of the molecule is CC(=O)C=C(C)O.CC(=O)C=C(C)O.CC(=O)C=C(C)O.CC(C)CC(=O)C=C(O)CC(C)C.CCc1cc(-c2[c-]cccc2)ncc1-c1ccccc1.Cc1[c-]c(-c2cc(C)c3c(C)cccc3n2)cc(C)c1.Cc1cc(C)cc(-c2ccnc(-c3[c-]cccc3)c2)c1.Cc1ccc(-c2ccnc(-c3[c-]cccc3)c2)cc1.[Ir].[Ir].[Ir].[Ir]. The number of nitrogens with zero attached hydrogens (tertiary/aromatic N) is 4. The van der Waals surface area contributed by atoms with E-state index in [1.54, 1.807) is 0 Å². The van der Waals surface area contributed by atoms with Crippen molar-refractivity contribution in [2.24, 2.45) is 11.8 Å². The van der Waals surface area contributed by atoms with Crippen LogP contribution in [0.25, 0.3) is 89.3 Å². The molecule has 0 aliphatic rings. The van der Waals surface area contributed by atoms with Crippen LogP contribution in [0, 0.1) is 84.6 Å². The first-order valence-electron chi connectivity index (χ1n) is 37.7. The average molecular weight is 2270 g/mol. The van der Waals surface area contributed by atoms with Crippen LogP contribution in [0.1, 0.15) is 134 Å². The van der Waals surface area contributed by atoms with E-state index in [1.807, 2.05) is 131 Å². The number of ketones is 4. The Bertz CT molecular complexity index is 5060. The number of fused-ring (bicyclic) bond motifs is 1. The van der Waals surface area contributed by atoms with E-state index in [9.17, 15) is 24.3 Å². The van der Waals surface area contributed by atoms with Crippen molar-refractivity contribution in [3.05, 3.63) is 347 Å². The first-order chi connectivity index (χ1) is 53.8. The van der Waals surface area contributed by atoms with Gasteiger partial charge in [-0.3, -0.25) is 24.2 Å². The number of aliphatic hydroxyl groups is 4. The van der Waals surface area contributed by atoms with Gasteiger partial charge >= 0.3 is 0 Å². The third-order valence-corrected chi connectivity index (χ3v) is 16.3. The Labute approximate surface area is 748 Å². The van der Waals surface area contributed by atoms with Crippen molar-refractivity contribution < 1.29 is 120 Å². The van der Waals surface area contributed by atoms with Gasteiger partial charge in [-0.1, -0.05) is 174 Å². The number of hydrogen-bond acceptors (Lipinski definition) is 12. The Hall–Kier alpha value is -9.94. The summed E-state index contributed by atoms with van der Waals surface area (Å²) in [7, 11) is 0. The molecule has 0 saturated heterocycles. The molecule has 4 radical (unpaired) electrons. The summed E-state index contributed by atoms with van der Waals surface area (Å²) in [4.78, 5) is 59.6. The molecule has 8 aromatic carbocycles. The van der Waals surface area contributed by atoms with E-state index in [0.717, 1.165) is 62.5 Å². The van der Waals surface area contributed by atoms with Crippen LogP contribution >= 0.6 is 0 Å². The number of aromatic nitrogens is 4. The van der Waals surface area contributed by atoms with Gasteiger partial charge in [0.2, 0.25) is 0 Å². The van der Waals surface area contributed by atoms with Gasteiger partial charge in [0.25, 0.3) is 0 Å². The molecule has 0 aliphatic heterocycles. The summed E-state index contributed by atoms with van der Waals surface area (Å²) in [6, 6.07) is 85.7. The summed E-state index contributed by atoms with van der Waals surface area (Å²) in [6.45, 7) is 33.6. The predicted molar refractivity (Wildman–Crippen MR) is 466 cm³/mol. The smallest absolute Gasteiger partial charge is 0.159 e. The molecule has 0 saturated carbocycles. The Balaban J connectivity index is 0.000000687. The maximum atomic E-state index is 11.2. The zero-order valence-electron chi connectivity index (χ0n) is 70.1. The molecular formula is C101H108Ir4N4O8-4. The second kappa shape index (κ2) is 55.6. The monoisotopic (exact) mass is 2280 g/mol. The second-order valence-corrected chi connectivity index (χ2v) is 28.4. The Morgan fingerprint density at radius 3 is 1.26 bits per heavy atom. The fourth-order valence-corrected chi connectivity index (χ4v) is 11.8. The minimum atomic E-state index is -0.125. The van der Waals surface area contributed by atoms with E-state index in [4.69, 9.17) is 20.3 Å². The third kappa shape index (κ3) is 40.2. The van der Waals surface area contributed by atoms with Gasteiger partial charge in [0.15, 0.2) is 23.1 Å². The minimum absolute atomic E-state index is 0. The molecule has 4 aromatic heterocycles. The molecule has 12 nitrogen and oxygen atoms in total. The van der Waals surface area contributed by atoms with E-state index in [2.05, 4.69) is 222 Å². The quantitative estimate of drug-likeness (QED) is 0.0406. The average Bonchev–Trinajstić information content (AvgIpc) is 0.787. The molecule has 4 heterocycles. The number of carbonyl (C=O) groups is 4. The summed E-state index contributed by atoms with van der Waals surface area (Å²) < 4.78 is 0. The van der Waals surface area contributed by atoms with Crippen molar-refractivity contribution in [2.45, 2.75) is 144 Å². The predicted octanol–water partition coefficient (Wildman–Crippen LogP) is 25.3. The van der Waals surface area contributed by atoms with Crippen molar-refractivity contribution in [3.63, 3.8) is 0 Å². The van der Waals surface area contributed by atoms with Gasteiger partial charge < -0.3 is 35.4 Å². The fourth-order valence-electron chi connectivity index (χ4n) is 11.8. The first-order valence-corrected chi connectivity index (χ1v) is 37.7. The van der Waals surface area contributed by atoms with Gasteiger partial charge in [-0.05, 0) is 180 Å². The van der Waals surface area contributed by atoms with Crippen molar-refractivity contribution >= 4 is 34.0 Å². The normalized spacial score (nSPS) is 10.6. The summed E-state index contributed by atoms with van der Waals surface area (Å²) in [5.74, 6) is 0.792. The molecule has 0 bridgehead atoms. The molecule has 0 spiro atoms. The third-order valence-electron chi connectivity index (χ3n) is 16.3. The number of allylic oxidation sites excluding steroid dienone is 8. The molecule has 4 N–H and O–H groups in total. The number of hydrogen-bond donors (Lipinski definition) is 4. The fraction of sp³-hybridized carbons (Fsp3) is 0.228. The van der Waals surface area contributed by atoms with Gasteiger partial charge in [0.05, 0.1) is 28.6 Å². The summed E-state index contributed by atoms with van der Waals surface area (Å²) >= 11 is 0. The zero-order valence-corrected chi connectivity index (χ0v) is 79.6. The molecule has 0 unspecified atom stereocenters. The molecule has 0 aliphatic carbocycles. The molecule has 0 fully saturated rings. The molecular weight excluding hydrogens is 2170 g/mol. The number of pyridine rings is 4. The zero-order chi connectivity index (χ0) is 83.1. The van der Waals surface area contributed by atoms with E-state index in [-0.39, 0.29) is 127 Å². The largest absolute Gasteiger partial charge is 0.512 e. The van der Waals surface area contributed by atoms with Crippen LogP contribution in [0.5, 0.6) is 0 Å². The van der Waals surface area contributed by atoms with Crippen molar-refractivity contribution in [1.82, 2.24) is 19.9 Å². The van der Waals surface area contributed by atoms with Crippen LogP contribution in [0.15, 0.2) is 278 Å². The van der Waals surface area contributed by atoms with Crippen LogP contribution < -0.4 is 0 Å². The van der Waals surface area contributed by atoms with Crippen molar-refractivity contribution in [3.8, 4) is 78.4 Å². The van der Waals surface area contributed by atoms with Crippen LogP contribution in [0.2, 0.25) is 0 Å². The van der Waals surface area contributed by atoms with Gasteiger partial charge in [0.1, 0.15) is 0 Å². The number of aliphatic hydroxyl groups excluding tert-OH is 4. The molecule has 117 heavy (non-hydrogen) atoms. The van der Waals surface area contributed by atoms with E-state index in [1.165, 1.54) is 144 Å². The topological polar surface area (TPSA) is 201 Å². The number of rotatable bonds is 16. The maximum absolute atomic E-state index is 11.2. The Morgan fingerprint density at radius 1 is 0.393 bits per heavy atom. The standard InChI is InChI=1S/C19H18N.2C19H16N.C18H14N.C11H20O2.3C5H8O2.4Ir/c1-12-8-13(2)10-16(9-12)18-11-15(4)19-14(3)6-5-7-17(19)20-18;1-14-10-15(2)12-18(11-14)17-8-9-20-19(13-17)16-6-4-3-5-7-16;1-2-15-13-19(17-11-7-4-8-12-17)20-14-18(15)16-9-5-3-6-10-16;1-14-7-9-15(10-8-14)17-11-12-19-18(13-17)16-5-3-2-4-6-16;1-8(2)5-10(12)7-11(13)6-9(3)4;3*1-4(6)3-5(2)7;;;;/h5-9,11H,1-4H3;3-6,8-13H,1-2H3;3-11,13-14H,2H2,1H3;2-5,7-13H,1H3;7-9,12H,5-6H2,1-4H3;3*3,6H,1-2H3;;;;/q4*-1;;;;;;;;. The molecule has 12 aromatic rings. The summed E-state index contributed by atoms with van der Waals surface area (Å²) in [5, 5.41) is 35.7. The van der Waals surface area contributed by atoms with E-state index in [0.29, 0.717) is 24.7 Å². The number of carbonyl (C=O) groups excluding carboxylic acids is 4. The Kier molecular flexibility index (Phi) is 50.0. The summed E-state index contributed by atoms with van der Waals surface area (Å²) in [6.07, 6.45) is 12.7. The molecule has 0 amide bonds. The van der Waals surface area contributed by atoms with Crippen LogP contribution in [-0.2, 0) is 106 Å². The second-order valence-electron chi connectivity index (χ2n) is 28.4. The van der Waals surface area contributed by atoms with Crippen LogP contribution in [-0.4, -0.2) is 63.5 Å². The van der Waals surface area contributed by atoms with E-state index >= 15 is 0 Å². The summed E-state index contributed by atoms with van der Waals surface area (Å²) in [5.41, 5.74) is 26.5. The van der Waals surface area contributed by atoms with Crippen molar-refractivity contribution in [2.75, 3.05) is 0 Å². The van der Waals surface area contributed by atoms with Gasteiger partial charge in [-0.25, -0.2) is 0 Å². The van der Waals surface area contributed by atoms with Gasteiger partial charge in [-0.15, -0.1) is 143 Å².